The van der Waals surface area contributed by atoms with Gasteiger partial charge in [0.05, 0.1) is 31.3 Å². The highest BCUT2D eigenvalue weighted by Gasteiger charge is 2.36. The van der Waals surface area contributed by atoms with Gasteiger partial charge in [-0.2, -0.15) is 0 Å². The lowest BCUT2D eigenvalue weighted by Crippen LogP contribution is -2.54. The second-order valence-corrected chi connectivity index (χ2v) is 5.86. The lowest BCUT2D eigenvalue weighted by Gasteiger charge is -2.40. The first-order valence-corrected chi connectivity index (χ1v) is 7.28. The summed E-state index contributed by atoms with van der Waals surface area (Å²) in [5.41, 5.74) is 0. The standard InChI is InChI=1S/C14H23NO5/c1-9-8-20-12(7-16)6-15(9)13(17)10-2-4-11(5-3-10)14(18)19/h9-12,16H,2-8H2,1H3,(H,18,19). The zero-order chi connectivity index (χ0) is 14.7. The number of nitrogens with zero attached hydrogens (tertiary/aromatic N) is 1. The Labute approximate surface area is 118 Å². The fourth-order valence-electron chi connectivity index (χ4n) is 3.06. The number of carboxylic acid groups (broad SMARTS) is 1. The number of ether oxygens (including phenoxy) is 1. The quantitative estimate of drug-likeness (QED) is 0.788. The van der Waals surface area contributed by atoms with Crippen LogP contribution in [0.15, 0.2) is 0 Å². The van der Waals surface area contributed by atoms with Crippen molar-refractivity contribution in [3.8, 4) is 0 Å². The molecule has 2 N–H and O–H groups in total. The van der Waals surface area contributed by atoms with Crippen molar-refractivity contribution in [3.63, 3.8) is 0 Å². The third kappa shape index (κ3) is 3.30. The molecule has 114 valence electrons. The molecule has 2 unspecified atom stereocenters. The number of hydrogen-bond acceptors (Lipinski definition) is 4. The van der Waals surface area contributed by atoms with E-state index in [-0.39, 0.29) is 36.5 Å². The first-order valence-electron chi connectivity index (χ1n) is 7.28. The Morgan fingerprint density at radius 3 is 2.35 bits per heavy atom. The SMILES string of the molecule is CC1COC(CO)CN1C(=O)C1CCC(C(=O)O)CC1. The van der Waals surface area contributed by atoms with E-state index < -0.39 is 5.97 Å². The summed E-state index contributed by atoms with van der Waals surface area (Å²) in [5.74, 6) is -1.05. The largest absolute Gasteiger partial charge is 0.481 e. The number of aliphatic hydroxyl groups excluding tert-OH is 1. The van der Waals surface area contributed by atoms with Gasteiger partial charge in [0.1, 0.15) is 0 Å². The molecule has 1 aliphatic heterocycles. The number of morpholine rings is 1. The normalized spacial score (nSPS) is 34.8. The Morgan fingerprint density at radius 2 is 1.80 bits per heavy atom. The summed E-state index contributed by atoms with van der Waals surface area (Å²) in [6.45, 7) is 2.73. The number of amides is 1. The van der Waals surface area contributed by atoms with Crippen molar-refractivity contribution in [3.05, 3.63) is 0 Å². The summed E-state index contributed by atoms with van der Waals surface area (Å²) in [4.78, 5) is 25.3. The molecule has 0 aromatic carbocycles. The average Bonchev–Trinajstić information content (AvgIpc) is 2.47. The molecule has 1 saturated carbocycles. The molecule has 6 heteroatoms. The molecule has 2 rings (SSSR count). The molecule has 1 heterocycles. The van der Waals surface area contributed by atoms with E-state index in [0.717, 1.165) is 0 Å². The van der Waals surface area contributed by atoms with E-state index in [1.165, 1.54) is 0 Å². The van der Waals surface area contributed by atoms with Crippen LogP contribution in [0.3, 0.4) is 0 Å². The van der Waals surface area contributed by atoms with Gasteiger partial charge in [0.15, 0.2) is 0 Å². The van der Waals surface area contributed by atoms with Gasteiger partial charge in [0.2, 0.25) is 5.91 Å². The third-order valence-electron chi connectivity index (χ3n) is 4.42. The minimum atomic E-state index is -0.754. The predicted octanol–water partition coefficient (Wildman–Crippen LogP) is 0.486. The second kappa shape index (κ2) is 6.54. The highest BCUT2D eigenvalue weighted by molar-refractivity contribution is 5.80. The molecular weight excluding hydrogens is 262 g/mol. The Balaban J connectivity index is 1.92. The van der Waals surface area contributed by atoms with E-state index in [4.69, 9.17) is 14.9 Å². The van der Waals surface area contributed by atoms with Crippen LogP contribution >= 0.6 is 0 Å². The fraction of sp³-hybridized carbons (Fsp3) is 0.857. The summed E-state index contributed by atoms with van der Waals surface area (Å²) in [7, 11) is 0. The number of aliphatic carboxylic acids is 1. The van der Waals surface area contributed by atoms with Crippen molar-refractivity contribution in [1.29, 1.82) is 0 Å². The van der Waals surface area contributed by atoms with Crippen molar-refractivity contribution in [2.24, 2.45) is 11.8 Å². The van der Waals surface area contributed by atoms with Crippen LogP contribution in [-0.4, -0.2) is 58.9 Å². The molecule has 2 aliphatic rings. The van der Waals surface area contributed by atoms with E-state index in [0.29, 0.717) is 38.8 Å². The zero-order valence-corrected chi connectivity index (χ0v) is 11.8. The van der Waals surface area contributed by atoms with E-state index in [1.807, 2.05) is 6.92 Å². The number of hydrogen-bond donors (Lipinski definition) is 2. The van der Waals surface area contributed by atoms with Crippen molar-refractivity contribution in [1.82, 2.24) is 4.90 Å². The van der Waals surface area contributed by atoms with Gasteiger partial charge in [-0.15, -0.1) is 0 Å². The lowest BCUT2D eigenvalue weighted by molar-refractivity contribution is -0.153. The maximum atomic E-state index is 12.5. The van der Waals surface area contributed by atoms with Gasteiger partial charge in [0, 0.05) is 12.5 Å². The monoisotopic (exact) mass is 285 g/mol. The van der Waals surface area contributed by atoms with Crippen molar-refractivity contribution in [2.45, 2.75) is 44.8 Å². The maximum Gasteiger partial charge on any atom is 0.306 e. The van der Waals surface area contributed by atoms with Crippen molar-refractivity contribution in [2.75, 3.05) is 19.8 Å². The van der Waals surface area contributed by atoms with Crippen LogP contribution in [-0.2, 0) is 14.3 Å². The molecule has 0 aromatic heterocycles. The minimum Gasteiger partial charge on any atom is -0.481 e. The van der Waals surface area contributed by atoms with Crippen molar-refractivity contribution >= 4 is 11.9 Å². The summed E-state index contributed by atoms with van der Waals surface area (Å²) in [5, 5.41) is 18.1. The van der Waals surface area contributed by atoms with E-state index in [2.05, 4.69) is 0 Å². The topological polar surface area (TPSA) is 87.1 Å². The highest BCUT2D eigenvalue weighted by Crippen LogP contribution is 2.31. The molecular formula is C14H23NO5. The Kier molecular flexibility index (Phi) is 4.99. The summed E-state index contributed by atoms with van der Waals surface area (Å²) >= 11 is 0. The second-order valence-electron chi connectivity index (χ2n) is 5.86. The molecule has 2 atom stereocenters. The van der Waals surface area contributed by atoms with Crippen molar-refractivity contribution < 1.29 is 24.5 Å². The van der Waals surface area contributed by atoms with Crippen LogP contribution < -0.4 is 0 Å². The molecule has 0 spiro atoms. The van der Waals surface area contributed by atoms with E-state index in [1.54, 1.807) is 4.90 Å². The van der Waals surface area contributed by atoms with Gasteiger partial charge >= 0.3 is 5.97 Å². The third-order valence-corrected chi connectivity index (χ3v) is 4.42. The Morgan fingerprint density at radius 1 is 1.20 bits per heavy atom. The number of carboxylic acids is 1. The van der Waals surface area contributed by atoms with Crippen LogP contribution in [0, 0.1) is 11.8 Å². The molecule has 2 fully saturated rings. The minimum absolute atomic E-state index is 0.0162. The molecule has 20 heavy (non-hydrogen) atoms. The predicted molar refractivity (Wildman–Crippen MR) is 71.1 cm³/mol. The smallest absolute Gasteiger partial charge is 0.306 e. The van der Waals surface area contributed by atoms with E-state index >= 15 is 0 Å². The zero-order valence-electron chi connectivity index (χ0n) is 11.8. The molecule has 1 aliphatic carbocycles. The van der Waals surface area contributed by atoms with Crippen LogP contribution in [0.1, 0.15) is 32.6 Å². The van der Waals surface area contributed by atoms with Gasteiger partial charge in [-0.05, 0) is 32.6 Å². The average molecular weight is 285 g/mol. The van der Waals surface area contributed by atoms with Crippen LogP contribution in [0.25, 0.3) is 0 Å². The van der Waals surface area contributed by atoms with Crippen LogP contribution in [0.4, 0.5) is 0 Å². The number of carbonyl (C=O) groups is 2. The number of aliphatic hydroxyl groups is 1. The van der Waals surface area contributed by atoms with Crippen LogP contribution in [0.5, 0.6) is 0 Å². The number of rotatable bonds is 3. The summed E-state index contributed by atoms with van der Waals surface area (Å²) in [6, 6.07) is 0.0162. The van der Waals surface area contributed by atoms with E-state index in [9.17, 15) is 9.59 Å². The molecule has 6 nitrogen and oxygen atoms in total. The highest BCUT2D eigenvalue weighted by atomic mass is 16.5. The lowest BCUT2D eigenvalue weighted by atomic mass is 9.81. The van der Waals surface area contributed by atoms with Gasteiger partial charge < -0.3 is 19.8 Å². The van der Waals surface area contributed by atoms with Gasteiger partial charge in [0.25, 0.3) is 0 Å². The first-order chi connectivity index (χ1) is 9.52. The molecule has 1 saturated heterocycles. The Hall–Kier alpha value is -1.14. The molecule has 0 bridgehead atoms. The number of carbonyl (C=O) groups excluding carboxylic acids is 1. The van der Waals surface area contributed by atoms with Gasteiger partial charge in [-0.3, -0.25) is 9.59 Å². The molecule has 1 amide bonds. The Bertz CT molecular complexity index is 365. The fourth-order valence-corrected chi connectivity index (χ4v) is 3.06. The maximum absolute atomic E-state index is 12.5. The summed E-state index contributed by atoms with van der Waals surface area (Å²) in [6.07, 6.45) is 2.14. The first kappa shape index (κ1) is 15.3. The molecule has 0 aromatic rings. The van der Waals surface area contributed by atoms with Gasteiger partial charge in [-0.1, -0.05) is 0 Å². The molecule has 0 radical (unpaired) electrons. The summed E-state index contributed by atoms with van der Waals surface area (Å²) < 4.78 is 5.43. The van der Waals surface area contributed by atoms with Gasteiger partial charge in [-0.25, -0.2) is 0 Å². The van der Waals surface area contributed by atoms with Crippen LogP contribution in [0.2, 0.25) is 0 Å².